The molecule has 2 atom stereocenters. The molecule has 2 unspecified atom stereocenters. The number of carbonyl (C=O) groups is 1. The molecule has 116 valence electrons. The molecule has 0 aromatic heterocycles. The Bertz CT molecular complexity index is 464. The third kappa shape index (κ3) is 4.85. The minimum Gasteiger partial charge on any atom is -0.342 e. The van der Waals surface area contributed by atoms with Gasteiger partial charge in [0.25, 0.3) is 0 Å². The fourth-order valence-corrected chi connectivity index (χ4v) is 3.20. The van der Waals surface area contributed by atoms with E-state index in [2.05, 4.69) is 45.0 Å². The molecule has 2 N–H and O–H groups in total. The lowest BCUT2D eigenvalue weighted by atomic mass is 9.87. The van der Waals surface area contributed by atoms with Crippen LogP contribution in [0.3, 0.4) is 0 Å². The zero-order valence-corrected chi connectivity index (χ0v) is 13.5. The predicted molar refractivity (Wildman–Crippen MR) is 87.0 cm³/mol. The van der Waals surface area contributed by atoms with E-state index < -0.39 is 0 Å². The highest BCUT2D eigenvalue weighted by molar-refractivity contribution is 5.77. The first-order chi connectivity index (χ1) is 9.85. The van der Waals surface area contributed by atoms with Gasteiger partial charge in [-0.2, -0.15) is 0 Å². The lowest BCUT2D eigenvalue weighted by Crippen LogP contribution is -2.36. The van der Waals surface area contributed by atoms with Crippen LogP contribution >= 0.6 is 0 Å². The molecule has 1 aliphatic rings. The maximum Gasteiger partial charge on any atom is 0.224 e. The minimum atomic E-state index is -0.0340. The second-order valence-corrected chi connectivity index (χ2v) is 7.47. The largest absolute Gasteiger partial charge is 0.342 e. The Morgan fingerprint density at radius 1 is 1.33 bits per heavy atom. The van der Waals surface area contributed by atoms with Crippen LogP contribution in [-0.4, -0.2) is 29.9 Å². The molecule has 0 bridgehead atoms. The third-order valence-corrected chi connectivity index (χ3v) is 4.12. The molecule has 0 radical (unpaired) electrons. The average Bonchev–Trinajstić information content (AvgIpc) is 2.87. The highest BCUT2D eigenvalue weighted by Gasteiger charge is 2.28. The van der Waals surface area contributed by atoms with Gasteiger partial charge in [0.05, 0.1) is 0 Å². The number of benzene rings is 1. The van der Waals surface area contributed by atoms with Crippen molar-refractivity contribution in [3.8, 4) is 0 Å². The Balaban J connectivity index is 1.85. The molecular formula is C18H28N2O. The molecule has 2 rings (SSSR count). The monoisotopic (exact) mass is 288 g/mol. The van der Waals surface area contributed by atoms with Crippen molar-refractivity contribution < 1.29 is 4.79 Å². The van der Waals surface area contributed by atoms with Gasteiger partial charge in [0, 0.05) is 31.5 Å². The van der Waals surface area contributed by atoms with Gasteiger partial charge in [-0.05, 0) is 23.8 Å². The summed E-state index contributed by atoms with van der Waals surface area (Å²) in [6.07, 6.45) is 2.41. The highest BCUT2D eigenvalue weighted by Crippen LogP contribution is 2.28. The van der Waals surface area contributed by atoms with Crippen LogP contribution in [0.15, 0.2) is 30.3 Å². The van der Waals surface area contributed by atoms with Crippen molar-refractivity contribution in [3.05, 3.63) is 35.9 Å². The van der Waals surface area contributed by atoms with Gasteiger partial charge in [0.1, 0.15) is 0 Å². The number of amides is 1. The van der Waals surface area contributed by atoms with Gasteiger partial charge < -0.3 is 10.6 Å². The summed E-state index contributed by atoms with van der Waals surface area (Å²) in [5.41, 5.74) is 7.64. The van der Waals surface area contributed by atoms with Crippen molar-refractivity contribution in [1.82, 2.24) is 4.90 Å². The van der Waals surface area contributed by atoms with Gasteiger partial charge in [-0.25, -0.2) is 0 Å². The van der Waals surface area contributed by atoms with Crippen molar-refractivity contribution in [2.75, 3.05) is 13.1 Å². The van der Waals surface area contributed by atoms with Crippen molar-refractivity contribution in [1.29, 1.82) is 0 Å². The van der Waals surface area contributed by atoms with Gasteiger partial charge in [-0.15, -0.1) is 0 Å². The van der Waals surface area contributed by atoms with Crippen LogP contribution in [0.1, 0.15) is 51.5 Å². The Morgan fingerprint density at radius 2 is 2.00 bits per heavy atom. The summed E-state index contributed by atoms with van der Waals surface area (Å²) < 4.78 is 0. The molecule has 0 spiro atoms. The summed E-state index contributed by atoms with van der Waals surface area (Å²) >= 11 is 0. The maximum absolute atomic E-state index is 12.4. The van der Waals surface area contributed by atoms with Crippen LogP contribution in [0.5, 0.6) is 0 Å². The summed E-state index contributed by atoms with van der Waals surface area (Å²) in [6.45, 7) is 8.20. The standard InChI is InChI=1S/C18H28N2O/c1-18(2,3)12-16(19)11-17(21)20-10-9-15(13-20)14-7-5-4-6-8-14/h4-8,15-16H,9-13,19H2,1-3H3. The molecule has 1 fully saturated rings. The van der Waals surface area contributed by atoms with Gasteiger partial charge in [0.2, 0.25) is 5.91 Å². The first kappa shape index (κ1) is 16.0. The molecule has 21 heavy (non-hydrogen) atoms. The molecule has 0 aliphatic carbocycles. The van der Waals surface area contributed by atoms with E-state index >= 15 is 0 Å². The number of carbonyl (C=O) groups excluding carboxylic acids is 1. The summed E-state index contributed by atoms with van der Waals surface area (Å²) in [5.74, 6) is 0.694. The second kappa shape index (κ2) is 6.61. The smallest absolute Gasteiger partial charge is 0.224 e. The van der Waals surface area contributed by atoms with Crippen LogP contribution in [0.25, 0.3) is 0 Å². The summed E-state index contributed by atoms with van der Waals surface area (Å²) in [5, 5.41) is 0. The van der Waals surface area contributed by atoms with Crippen LogP contribution in [-0.2, 0) is 4.79 Å². The molecular weight excluding hydrogens is 260 g/mol. The number of nitrogens with zero attached hydrogens (tertiary/aromatic N) is 1. The number of rotatable bonds is 4. The first-order valence-electron chi connectivity index (χ1n) is 7.93. The maximum atomic E-state index is 12.4. The van der Waals surface area contributed by atoms with E-state index in [1.807, 2.05) is 11.0 Å². The second-order valence-electron chi connectivity index (χ2n) is 7.47. The molecule has 0 saturated carbocycles. The van der Waals surface area contributed by atoms with Crippen molar-refractivity contribution in [3.63, 3.8) is 0 Å². The van der Waals surface area contributed by atoms with Gasteiger partial charge in [-0.3, -0.25) is 4.79 Å². The normalized spacial score (nSPS) is 20.6. The Kier molecular flexibility index (Phi) is 5.04. The first-order valence-corrected chi connectivity index (χ1v) is 7.93. The third-order valence-electron chi connectivity index (χ3n) is 4.12. The molecule has 3 nitrogen and oxygen atoms in total. The number of hydrogen-bond acceptors (Lipinski definition) is 2. The number of nitrogens with two attached hydrogens (primary N) is 1. The topological polar surface area (TPSA) is 46.3 Å². The van der Waals surface area contributed by atoms with Crippen LogP contribution < -0.4 is 5.73 Å². The van der Waals surface area contributed by atoms with E-state index in [1.54, 1.807) is 0 Å². The molecule has 3 heteroatoms. The van der Waals surface area contributed by atoms with Crippen molar-refractivity contribution in [2.24, 2.45) is 11.1 Å². The fourth-order valence-electron chi connectivity index (χ4n) is 3.20. The highest BCUT2D eigenvalue weighted by atomic mass is 16.2. The average molecular weight is 288 g/mol. The number of likely N-dealkylation sites (tertiary alicyclic amines) is 1. The van der Waals surface area contributed by atoms with E-state index in [0.29, 0.717) is 12.3 Å². The minimum absolute atomic E-state index is 0.0340. The summed E-state index contributed by atoms with van der Waals surface area (Å²) in [7, 11) is 0. The van der Waals surface area contributed by atoms with E-state index in [4.69, 9.17) is 5.73 Å². The van der Waals surface area contributed by atoms with Crippen LogP contribution in [0, 0.1) is 5.41 Å². The molecule has 1 aliphatic heterocycles. The Morgan fingerprint density at radius 3 is 2.62 bits per heavy atom. The van der Waals surface area contributed by atoms with Crippen LogP contribution in [0.2, 0.25) is 0 Å². The molecule has 1 aromatic rings. The zero-order valence-electron chi connectivity index (χ0n) is 13.5. The molecule has 1 amide bonds. The predicted octanol–water partition coefficient (Wildman–Crippen LogP) is 3.16. The fraction of sp³-hybridized carbons (Fsp3) is 0.611. The van der Waals surface area contributed by atoms with E-state index in [1.165, 1.54) is 5.56 Å². The number of hydrogen-bond donors (Lipinski definition) is 1. The lowest BCUT2D eigenvalue weighted by Gasteiger charge is -2.24. The van der Waals surface area contributed by atoms with Crippen LogP contribution in [0.4, 0.5) is 0 Å². The van der Waals surface area contributed by atoms with E-state index in [0.717, 1.165) is 25.9 Å². The Labute approximate surface area is 128 Å². The quantitative estimate of drug-likeness (QED) is 0.925. The Hall–Kier alpha value is -1.35. The van der Waals surface area contributed by atoms with Gasteiger partial charge in [-0.1, -0.05) is 51.1 Å². The SMILES string of the molecule is CC(C)(C)CC(N)CC(=O)N1CCC(c2ccccc2)C1. The van der Waals surface area contributed by atoms with Gasteiger partial charge in [0.15, 0.2) is 0 Å². The van der Waals surface area contributed by atoms with E-state index in [9.17, 15) is 4.79 Å². The zero-order chi connectivity index (χ0) is 15.5. The molecule has 1 heterocycles. The summed E-state index contributed by atoms with van der Waals surface area (Å²) in [4.78, 5) is 14.4. The van der Waals surface area contributed by atoms with Crippen molar-refractivity contribution in [2.45, 2.75) is 52.0 Å². The van der Waals surface area contributed by atoms with E-state index in [-0.39, 0.29) is 17.4 Å². The molecule has 1 saturated heterocycles. The lowest BCUT2D eigenvalue weighted by molar-refractivity contribution is -0.130. The summed E-state index contributed by atoms with van der Waals surface area (Å²) in [6, 6.07) is 10.5. The van der Waals surface area contributed by atoms with Gasteiger partial charge >= 0.3 is 0 Å². The van der Waals surface area contributed by atoms with Crippen molar-refractivity contribution >= 4 is 5.91 Å². The molecule has 1 aromatic carbocycles.